The van der Waals surface area contributed by atoms with Crippen molar-refractivity contribution in [2.75, 3.05) is 12.3 Å². The highest BCUT2D eigenvalue weighted by atomic mass is 32.2. The topological polar surface area (TPSA) is 26.0 Å². The highest BCUT2D eigenvalue weighted by molar-refractivity contribution is 7.99. The maximum Gasteiger partial charge on any atom is 0.00775 e. The van der Waals surface area contributed by atoms with E-state index in [-0.39, 0.29) is 5.41 Å². The summed E-state index contributed by atoms with van der Waals surface area (Å²) in [5, 5.41) is 0. The van der Waals surface area contributed by atoms with Crippen molar-refractivity contribution < 1.29 is 0 Å². The summed E-state index contributed by atoms with van der Waals surface area (Å²) < 4.78 is 0. The number of nitrogens with two attached hydrogens (primary N) is 1. The lowest BCUT2D eigenvalue weighted by atomic mass is 9.86. The lowest BCUT2D eigenvalue weighted by Crippen LogP contribution is -2.11. The average molecular weight is 265 g/mol. The van der Waals surface area contributed by atoms with Gasteiger partial charge in [0.25, 0.3) is 0 Å². The molecule has 1 rings (SSSR count). The summed E-state index contributed by atoms with van der Waals surface area (Å²) in [6.07, 6.45) is 3.47. The number of rotatable bonds is 6. The summed E-state index contributed by atoms with van der Waals surface area (Å²) in [5.41, 5.74) is 8.71. The molecule has 0 aliphatic heterocycles. The van der Waals surface area contributed by atoms with E-state index >= 15 is 0 Å². The van der Waals surface area contributed by atoms with Crippen LogP contribution in [-0.2, 0) is 11.8 Å². The van der Waals surface area contributed by atoms with Gasteiger partial charge >= 0.3 is 0 Å². The Morgan fingerprint density at radius 1 is 1.11 bits per heavy atom. The number of hydrogen-bond donors (Lipinski definition) is 1. The van der Waals surface area contributed by atoms with Crippen molar-refractivity contribution in [3.05, 3.63) is 29.3 Å². The van der Waals surface area contributed by atoms with Gasteiger partial charge in [-0.1, -0.05) is 33.8 Å². The molecule has 0 heterocycles. The van der Waals surface area contributed by atoms with Gasteiger partial charge in [0.2, 0.25) is 0 Å². The van der Waals surface area contributed by atoms with Crippen LogP contribution in [0, 0.1) is 0 Å². The van der Waals surface area contributed by atoms with E-state index in [1.807, 2.05) is 11.8 Å². The number of benzene rings is 1. The van der Waals surface area contributed by atoms with Crippen LogP contribution in [0.15, 0.2) is 23.1 Å². The summed E-state index contributed by atoms with van der Waals surface area (Å²) in [5.74, 6) is 1.13. The molecule has 0 radical (unpaired) electrons. The van der Waals surface area contributed by atoms with Crippen LogP contribution in [0.2, 0.25) is 0 Å². The van der Waals surface area contributed by atoms with Crippen molar-refractivity contribution in [3.8, 4) is 0 Å². The van der Waals surface area contributed by atoms with E-state index in [9.17, 15) is 0 Å². The van der Waals surface area contributed by atoms with E-state index in [1.165, 1.54) is 22.4 Å². The van der Waals surface area contributed by atoms with E-state index in [0.29, 0.717) is 0 Å². The Balaban J connectivity index is 2.91. The molecule has 1 nitrogen and oxygen atoms in total. The van der Waals surface area contributed by atoms with E-state index in [2.05, 4.69) is 45.9 Å². The Hall–Kier alpha value is -0.470. The van der Waals surface area contributed by atoms with E-state index in [0.717, 1.165) is 25.1 Å². The van der Waals surface area contributed by atoms with Crippen molar-refractivity contribution in [1.29, 1.82) is 0 Å². The van der Waals surface area contributed by atoms with Gasteiger partial charge in [0.1, 0.15) is 0 Å². The maximum absolute atomic E-state index is 5.57. The maximum atomic E-state index is 5.57. The average Bonchev–Trinajstić information content (AvgIpc) is 2.28. The Kier molecular flexibility index (Phi) is 6.24. The second kappa shape index (κ2) is 7.20. The standard InChI is InChI=1S/C16H27NS/c1-5-18-15-11-13(8-6-7-9-17)10-14(12-15)16(2,3)4/h10-12H,5-9,17H2,1-4H3. The monoisotopic (exact) mass is 265 g/mol. The summed E-state index contributed by atoms with van der Waals surface area (Å²) in [7, 11) is 0. The normalized spacial score (nSPS) is 11.8. The summed E-state index contributed by atoms with van der Waals surface area (Å²) >= 11 is 1.93. The molecule has 0 unspecified atom stereocenters. The fourth-order valence-electron chi connectivity index (χ4n) is 1.96. The highest BCUT2D eigenvalue weighted by Gasteiger charge is 2.15. The van der Waals surface area contributed by atoms with Crippen LogP contribution >= 0.6 is 11.8 Å². The van der Waals surface area contributed by atoms with Gasteiger partial charge in [-0.15, -0.1) is 11.8 Å². The van der Waals surface area contributed by atoms with Gasteiger partial charge in [0, 0.05) is 4.90 Å². The van der Waals surface area contributed by atoms with Crippen LogP contribution in [0.1, 0.15) is 51.7 Å². The minimum Gasteiger partial charge on any atom is -0.330 e. The minimum atomic E-state index is 0.229. The number of unbranched alkanes of at least 4 members (excludes halogenated alkanes) is 1. The Morgan fingerprint density at radius 2 is 1.83 bits per heavy atom. The van der Waals surface area contributed by atoms with E-state index < -0.39 is 0 Å². The molecule has 0 amide bonds. The molecule has 1 aromatic rings. The SMILES string of the molecule is CCSc1cc(CCCCN)cc(C(C)(C)C)c1. The fourth-order valence-corrected chi connectivity index (χ4v) is 2.74. The molecule has 2 N–H and O–H groups in total. The Labute approximate surface area is 117 Å². The number of thioether (sulfide) groups is 1. The zero-order chi connectivity index (χ0) is 13.6. The van der Waals surface area contributed by atoms with Crippen LogP contribution in [-0.4, -0.2) is 12.3 Å². The molecule has 0 aromatic heterocycles. The smallest absolute Gasteiger partial charge is 0.00775 e. The molecule has 2 heteroatoms. The largest absolute Gasteiger partial charge is 0.330 e. The molecule has 0 bridgehead atoms. The minimum absolute atomic E-state index is 0.229. The molecule has 0 fully saturated rings. The lowest BCUT2D eigenvalue weighted by molar-refractivity contribution is 0.587. The Bertz CT molecular complexity index is 366. The molecule has 18 heavy (non-hydrogen) atoms. The van der Waals surface area contributed by atoms with E-state index in [4.69, 9.17) is 5.73 Å². The third kappa shape index (κ3) is 5.03. The molecule has 102 valence electrons. The second-order valence-electron chi connectivity index (χ2n) is 5.79. The predicted octanol–water partition coefficient (Wildman–Crippen LogP) is 4.38. The molecular weight excluding hydrogens is 238 g/mol. The number of aryl methyl sites for hydroxylation is 1. The summed E-state index contributed by atoms with van der Waals surface area (Å²) in [6.45, 7) is 9.86. The van der Waals surface area contributed by atoms with Crippen LogP contribution in [0.4, 0.5) is 0 Å². The van der Waals surface area contributed by atoms with Gasteiger partial charge < -0.3 is 5.73 Å². The highest BCUT2D eigenvalue weighted by Crippen LogP contribution is 2.29. The van der Waals surface area contributed by atoms with Gasteiger partial charge in [0.15, 0.2) is 0 Å². The van der Waals surface area contributed by atoms with Crippen LogP contribution in [0.25, 0.3) is 0 Å². The zero-order valence-electron chi connectivity index (χ0n) is 12.3. The zero-order valence-corrected chi connectivity index (χ0v) is 13.1. The molecular formula is C16H27NS. The third-order valence-electron chi connectivity index (χ3n) is 3.06. The van der Waals surface area contributed by atoms with Crippen LogP contribution in [0.5, 0.6) is 0 Å². The molecule has 0 saturated carbocycles. The van der Waals surface area contributed by atoms with Crippen molar-refractivity contribution in [3.63, 3.8) is 0 Å². The van der Waals surface area contributed by atoms with Crippen LogP contribution in [0.3, 0.4) is 0 Å². The molecule has 0 spiro atoms. The molecule has 0 atom stereocenters. The lowest BCUT2D eigenvalue weighted by Gasteiger charge is -2.21. The van der Waals surface area contributed by atoms with Crippen molar-refractivity contribution in [2.24, 2.45) is 5.73 Å². The fraction of sp³-hybridized carbons (Fsp3) is 0.625. The predicted molar refractivity (Wildman–Crippen MR) is 83.5 cm³/mol. The molecule has 0 aliphatic carbocycles. The first-order chi connectivity index (χ1) is 8.47. The van der Waals surface area contributed by atoms with Crippen molar-refractivity contribution in [2.45, 2.75) is 57.3 Å². The van der Waals surface area contributed by atoms with E-state index in [1.54, 1.807) is 0 Å². The summed E-state index contributed by atoms with van der Waals surface area (Å²) in [4.78, 5) is 1.41. The number of hydrogen-bond acceptors (Lipinski definition) is 2. The molecule has 0 aliphatic rings. The first kappa shape index (κ1) is 15.6. The molecule has 0 saturated heterocycles. The first-order valence-electron chi connectivity index (χ1n) is 6.94. The van der Waals surface area contributed by atoms with Gasteiger partial charge in [-0.25, -0.2) is 0 Å². The third-order valence-corrected chi connectivity index (χ3v) is 3.92. The first-order valence-corrected chi connectivity index (χ1v) is 7.93. The van der Waals surface area contributed by atoms with Gasteiger partial charge in [-0.2, -0.15) is 0 Å². The summed E-state index contributed by atoms with van der Waals surface area (Å²) in [6, 6.07) is 7.07. The van der Waals surface area contributed by atoms with Crippen LogP contribution < -0.4 is 5.73 Å². The van der Waals surface area contributed by atoms with Crippen molar-refractivity contribution >= 4 is 11.8 Å². The second-order valence-corrected chi connectivity index (χ2v) is 7.13. The van der Waals surface area contributed by atoms with Crippen molar-refractivity contribution in [1.82, 2.24) is 0 Å². The van der Waals surface area contributed by atoms with Gasteiger partial charge in [0.05, 0.1) is 0 Å². The Morgan fingerprint density at radius 3 is 2.39 bits per heavy atom. The molecule has 1 aromatic carbocycles. The van der Waals surface area contributed by atoms with Gasteiger partial charge in [-0.3, -0.25) is 0 Å². The van der Waals surface area contributed by atoms with Gasteiger partial charge in [-0.05, 0) is 60.2 Å². The quantitative estimate of drug-likeness (QED) is 0.610.